The quantitative estimate of drug-likeness (QED) is 0.0803. The summed E-state index contributed by atoms with van der Waals surface area (Å²) in [7, 11) is 1.57. The molecule has 5 aromatic rings. The summed E-state index contributed by atoms with van der Waals surface area (Å²) in [5, 5.41) is 1.05. The van der Waals surface area contributed by atoms with E-state index < -0.39 is 12.0 Å². The van der Waals surface area contributed by atoms with Crippen molar-refractivity contribution in [3.8, 4) is 11.5 Å². The van der Waals surface area contributed by atoms with Gasteiger partial charge in [-0.15, -0.1) is 11.8 Å². The van der Waals surface area contributed by atoms with E-state index in [1.54, 1.807) is 48.6 Å². The highest BCUT2D eigenvalue weighted by Gasteiger charge is 2.35. The Morgan fingerprint density at radius 1 is 1.06 bits per heavy atom. The molecule has 0 fully saturated rings. The van der Waals surface area contributed by atoms with Crippen LogP contribution in [-0.2, 0) is 16.1 Å². The molecule has 0 saturated heterocycles. The molecular formula is C37H29Cl2IN2O5S2. The summed E-state index contributed by atoms with van der Waals surface area (Å²) in [6, 6.07) is 25.6. The summed E-state index contributed by atoms with van der Waals surface area (Å²) in [5.41, 5.74) is 3.55. The molecule has 12 heteroatoms. The average molecular weight is 844 g/mol. The maximum atomic E-state index is 14.3. The fraction of sp³-hybridized carbons (Fsp3) is 0.162. The molecule has 4 aromatic carbocycles. The number of halogens is 3. The Morgan fingerprint density at radius 3 is 2.49 bits per heavy atom. The molecule has 1 atom stereocenters. The van der Waals surface area contributed by atoms with Gasteiger partial charge in [-0.1, -0.05) is 83.1 Å². The van der Waals surface area contributed by atoms with Crippen molar-refractivity contribution < 1.29 is 19.0 Å². The molecule has 0 spiro atoms. The minimum atomic E-state index is -0.756. The molecule has 7 nitrogen and oxygen atoms in total. The fourth-order valence-electron chi connectivity index (χ4n) is 5.45. The molecular weight excluding hydrogens is 814 g/mol. The zero-order valence-electron chi connectivity index (χ0n) is 26.5. The van der Waals surface area contributed by atoms with Crippen LogP contribution < -0.4 is 24.4 Å². The van der Waals surface area contributed by atoms with Gasteiger partial charge in [-0.25, -0.2) is 9.79 Å². The lowest BCUT2D eigenvalue weighted by atomic mass is 9.93. The van der Waals surface area contributed by atoms with E-state index in [4.69, 9.17) is 42.4 Å². The van der Waals surface area contributed by atoms with Crippen molar-refractivity contribution in [2.75, 3.05) is 20.0 Å². The van der Waals surface area contributed by atoms with Gasteiger partial charge in [0.1, 0.15) is 6.61 Å². The molecule has 0 bridgehead atoms. The van der Waals surface area contributed by atoms with E-state index >= 15 is 0 Å². The number of thiazole rings is 1. The topological polar surface area (TPSA) is 79.1 Å². The second-order valence-corrected chi connectivity index (χ2v) is 14.7. The standard InChI is InChI=1S/C37H29Cl2IN2O5S2/c1-4-46-36(44)31-32(22-8-6-5-7-9-22)41-37-42(33(31)23-11-14-26(48-3)15-12-23)35(43)30(49-37)18-21-16-28(40)34(29(17-21)45-2)47-20-24-10-13-25(38)19-27(24)39/h5-19,33H,4,20H2,1-3H3/b30-18-/t33-/m1/s1. The van der Waals surface area contributed by atoms with Crippen LogP contribution in [0.1, 0.15) is 35.2 Å². The molecule has 0 N–H and O–H groups in total. The predicted octanol–water partition coefficient (Wildman–Crippen LogP) is 8.16. The summed E-state index contributed by atoms with van der Waals surface area (Å²) < 4.78 is 20.3. The number of fused-ring (bicyclic) bond motifs is 1. The van der Waals surface area contributed by atoms with Crippen molar-refractivity contribution in [2.24, 2.45) is 4.99 Å². The van der Waals surface area contributed by atoms with E-state index in [1.807, 2.05) is 79.1 Å². The lowest BCUT2D eigenvalue weighted by Gasteiger charge is -2.26. The molecule has 2 heterocycles. The number of hydrogen-bond donors (Lipinski definition) is 0. The zero-order chi connectivity index (χ0) is 34.7. The first-order chi connectivity index (χ1) is 23.7. The second-order valence-electron chi connectivity index (χ2n) is 10.8. The van der Waals surface area contributed by atoms with Crippen molar-refractivity contribution in [2.45, 2.75) is 24.5 Å². The lowest BCUT2D eigenvalue weighted by Crippen LogP contribution is -2.40. The highest BCUT2D eigenvalue weighted by atomic mass is 127. The Labute approximate surface area is 315 Å². The molecule has 0 radical (unpaired) electrons. The Morgan fingerprint density at radius 2 is 1.82 bits per heavy atom. The van der Waals surface area contributed by atoms with Crippen molar-refractivity contribution in [1.29, 1.82) is 0 Å². The number of carbonyl (C=O) groups is 1. The van der Waals surface area contributed by atoms with Crippen molar-refractivity contribution in [3.63, 3.8) is 0 Å². The van der Waals surface area contributed by atoms with Gasteiger partial charge in [0.15, 0.2) is 16.3 Å². The van der Waals surface area contributed by atoms with E-state index in [0.717, 1.165) is 30.7 Å². The summed E-state index contributed by atoms with van der Waals surface area (Å²) >= 11 is 17.5. The van der Waals surface area contributed by atoms with Gasteiger partial charge in [0.25, 0.3) is 5.56 Å². The van der Waals surface area contributed by atoms with Crippen LogP contribution in [0.3, 0.4) is 0 Å². The maximum absolute atomic E-state index is 14.3. The van der Waals surface area contributed by atoms with Crippen molar-refractivity contribution >= 4 is 86.6 Å². The molecule has 0 saturated carbocycles. The van der Waals surface area contributed by atoms with E-state index in [9.17, 15) is 9.59 Å². The van der Waals surface area contributed by atoms with E-state index in [-0.39, 0.29) is 18.8 Å². The third-order valence-electron chi connectivity index (χ3n) is 7.74. The van der Waals surface area contributed by atoms with Gasteiger partial charge >= 0.3 is 5.97 Å². The highest BCUT2D eigenvalue weighted by Crippen LogP contribution is 2.37. The molecule has 0 unspecified atom stereocenters. The first kappa shape index (κ1) is 35.3. The number of nitrogens with zero attached hydrogens (tertiary/aromatic N) is 2. The minimum absolute atomic E-state index is 0.180. The van der Waals surface area contributed by atoms with Crippen LogP contribution in [0.2, 0.25) is 10.0 Å². The van der Waals surface area contributed by atoms with Crippen LogP contribution in [-0.4, -0.2) is 30.5 Å². The minimum Gasteiger partial charge on any atom is -0.493 e. The summed E-state index contributed by atoms with van der Waals surface area (Å²) in [6.45, 7) is 2.15. The van der Waals surface area contributed by atoms with Crippen LogP contribution in [0.25, 0.3) is 11.8 Å². The van der Waals surface area contributed by atoms with E-state index in [2.05, 4.69) is 22.6 Å². The molecule has 250 valence electrons. The first-order valence-corrected chi connectivity index (χ1v) is 19.0. The fourth-order valence-corrected chi connectivity index (χ4v) is 8.10. The van der Waals surface area contributed by atoms with Gasteiger partial charge < -0.3 is 14.2 Å². The Bertz CT molecular complexity index is 2250. The summed E-state index contributed by atoms with van der Waals surface area (Å²) in [4.78, 5) is 34.5. The molecule has 49 heavy (non-hydrogen) atoms. The van der Waals surface area contributed by atoms with Gasteiger partial charge in [0, 0.05) is 26.1 Å². The van der Waals surface area contributed by atoms with Crippen LogP contribution in [0, 0.1) is 3.57 Å². The van der Waals surface area contributed by atoms with Crippen LogP contribution in [0.5, 0.6) is 11.5 Å². The van der Waals surface area contributed by atoms with Gasteiger partial charge in [0.2, 0.25) is 0 Å². The molecule has 0 aliphatic carbocycles. The molecule has 1 aliphatic heterocycles. The number of hydrogen-bond acceptors (Lipinski definition) is 8. The zero-order valence-corrected chi connectivity index (χ0v) is 31.8. The Hall–Kier alpha value is -3.55. The monoisotopic (exact) mass is 842 g/mol. The normalized spacial score (nSPS) is 14.3. The van der Waals surface area contributed by atoms with E-state index in [1.165, 1.54) is 11.3 Å². The predicted molar refractivity (Wildman–Crippen MR) is 206 cm³/mol. The summed E-state index contributed by atoms with van der Waals surface area (Å²) in [5.74, 6) is 0.528. The number of esters is 1. The summed E-state index contributed by atoms with van der Waals surface area (Å²) in [6.07, 6.45) is 3.80. The third-order valence-corrected chi connectivity index (χ3v) is 10.9. The lowest BCUT2D eigenvalue weighted by molar-refractivity contribution is -0.138. The smallest absolute Gasteiger partial charge is 0.338 e. The van der Waals surface area contributed by atoms with E-state index in [0.29, 0.717) is 42.1 Å². The average Bonchev–Trinajstić information content (AvgIpc) is 3.41. The molecule has 1 aliphatic rings. The molecule has 0 amide bonds. The van der Waals surface area contributed by atoms with Crippen molar-refractivity contribution in [3.05, 3.63) is 146 Å². The molecule has 6 rings (SSSR count). The van der Waals surface area contributed by atoms with Gasteiger partial charge in [-0.05, 0) is 89.4 Å². The number of thioether (sulfide) groups is 1. The second kappa shape index (κ2) is 15.6. The van der Waals surface area contributed by atoms with Crippen LogP contribution in [0.4, 0.5) is 0 Å². The Balaban J connectivity index is 1.48. The van der Waals surface area contributed by atoms with Crippen LogP contribution >= 0.6 is 68.9 Å². The highest BCUT2D eigenvalue weighted by molar-refractivity contribution is 14.1. The number of ether oxygens (including phenoxy) is 3. The van der Waals surface area contributed by atoms with Crippen LogP contribution in [0.15, 0.2) is 105 Å². The Kier molecular flexibility index (Phi) is 11.2. The number of benzene rings is 4. The molecule has 1 aromatic heterocycles. The number of aromatic nitrogens is 1. The van der Waals surface area contributed by atoms with Gasteiger partial charge in [-0.2, -0.15) is 0 Å². The van der Waals surface area contributed by atoms with Gasteiger partial charge in [-0.3, -0.25) is 9.36 Å². The third kappa shape index (κ3) is 7.48. The maximum Gasteiger partial charge on any atom is 0.338 e. The largest absolute Gasteiger partial charge is 0.493 e. The number of methoxy groups -OCH3 is 1. The first-order valence-electron chi connectivity index (χ1n) is 15.1. The number of rotatable bonds is 10. The van der Waals surface area contributed by atoms with Crippen molar-refractivity contribution in [1.82, 2.24) is 4.57 Å². The van der Waals surface area contributed by atoms with Gasteiger partial charge in [0.05, 0.1) is 39.1 Å². The SMILES string of the molecule is CCOC(=O)C1=C(c2ccccc2)N=c2s/c(=C\c3cc(I)c(OCc4ccc(Cl)cc4Cl)c(OC)c3)c(=O)n2[C@@H]1c1ccc(SC)cc1. The number of carbonyl (C=O) groups excluding carboxylic acids is 1.